The maximum atomic E-state index is 13.2. The molecule has 2 N–H and O–H groups in total. The molecule has 0 radical (unpaired) electrons. The molecule has 1 aliphatic carbocycles. The summed E-state index contributed by atoms with van der Waals surface area (Å²) in [6, 6.07) is 7.19. The molecule has 0 bridgehead atoms. The number of nitrogens with one attached hydrogen (secondary N) is 2. The molecular weight excluding hydrogens is 283 g/mol. The van der Waals surface area contributed by atoms with Gasteiger partial charge in [-0.1, -0.05) is 12.1 Å². The van der Waals surface area contributed by atoms with Crippen LogP contribution in [0.25, 0.3) is 0 Å². The number of halogens is 1. The highest BCUT2D eigenvalue weighted by molar-refractivity contribution is 5.68. The van der Waals surface area contributed by atoms with Gasteiger partial charge in [-0.3, -0.25) is 0 Å². The minimum absolute atomic E-state index is 0.0863. The van der Waals surface area contributed by atoms with Crippen LogP contribution < -0.4 is 10.6 Å². The van der Waals surface area contributed by atoms with E-state index in [2.05, 4.69) is 10.6 Å². The van der Waals surface area contributed by atoms with Crippen LogP contribution in [0.5, 0.6) is 0 Å². The van der Waals surface area contributed by atoms with Gasteiger partial charge < -0.3 is 15.4 Å². The first kappa shape index (κ1) is 16.7. The molecule has 4 nitrogen and oxygen atoms in total. The minimum atomic E-state index is -0.475. The molecule has 1 atom stereocenters. The molecule has 1 unspecified atom stereocenters. The summed E-state index contributed by atoms with van der Waals surface area (Å²) in [6.07, 6.45) is 1.35. The largest absolute Gasteiger partial charge is 0.444 e. The monoisotopic (exact) mass is 308 g/mol. The van der Waals surface area contributed by atoms with Crippen LogP contribution in [0.15, 0.2) is 24.3 Å². The molecule has 2 rings (SSSR count). The highest BCUT2D eigenvalue weighted by Gasteiger charge is 2.32. The van der Waals surface area contributed by atoms with Crippen molar-refractivity contribution in [1.29, 1.82) is 0 Å². The standard InChI is InChI=1S/C17H25FN2O2/c1-11(12-6-5-7-13(18)8-12)19-14-9-15(10-14)20-16(21)22-17(2,3)4/h5-8,11,14-15,19H,9-10H2,1-4H3,(H,20,21). The summed E-state index contributed by atoms with van der Waals surface area (Å²) in [7, 11) is 0. The summed E-state index contributed by atoms with van der Waals surface area (Å²) in [6.45, 7) is 7.55. The number of rotatable bonds is 4. The van der Waals surface area contributed by atoms with Crippen molar-refractivity contribution in [3.8, 4) is 0 Å². The molecule has 1 aromatic rings. The fourth-order valence-electron chi connectivity index (χ4n) is 2.57. The van der Waals surface area contributed by atoms with Gasteiger partial charge in [0.15, 0.2) is 0 Å². The number of carbonyl (C=O) groups excluding carboxylic acids is 1. The van der Waals surface area contributed by atoms with E-state index in [1.165, 1.54) is 6.07 Å². The van der Waals surface area contributed by atoms with Crippen LogP contribution in [-0.2, 0) is 4.74 Å². The Morgan fingerprint density at radius 1 is 1.32 bits per heavy atom. The van der Waals surface area contributed by atoms with Gasteiger partial charge in [0, 0.05) is 18.1 Å². The molecule has 122 valence electrons. The lowest BCUT2D eigenvalue weighted by Gasteiger charge is -2.38. The summed E-state index contributed by atoms with van der Waals surface area (Å²) in [5.74, 6) is -0.218. The van der Waals surface area contributed by atoms with E-state index in [1.807, 2.05) is 33.8 Å². The van der Waals surface area contributed by atoms with E-state index in [4.69, 9.17) is 4.74 Å². The van der Waals surface area contributed by atoms with Crippen molar-refractivity contribution in [2.45, 2.75) is 64.3 Å². The Hall–Kier alpha value is -1.62. The summed E-state index contributed by atoms with van der Waals surface area (Å²) in [5, 5.41) is 6.32. The third-order valence-electron chi connectivity index (χ3n) is 3.69. The first-order valence-corrected chi connectivity index (χ1v) is 7.74. The van der Waals surface area contributed by atoms with Crippen molar-refractivity contribution in [2.24, 2.45) is 0 Å². The van der Waals surface area contributed by atoms with E-state index in [1.54, 1.807) is 12.1 Å². The van der Waals surface area contributed by atoms with Crippen molar-refractivity contribution < 1.29 is 13.9 Å². The van der Waals surface area contributed by atoms with Crippen LogP contribution in [0.4, 0.5) is 9.18 Å². The molecule has 0 saturated heterocycles. The molecule has 1 aromatic carbocycles. The predicted molar refractivity (Wildman–Crippen MR) is 84.1 cm³/mol. The number of hydrogen-bond acceptors (Lipinski definition) is 3. The number of alkyl carbamates (subject to hydrolysis) is 1. The molecule has 0 aliphatic heterocycles. The first-order chi connectivity index (χ1) is 10.2. The van der Waals surface area contributed by atoms with Crippen LogP contribution in [0.3, 0.4) is 0 Å². The van der Waals surface area contributed by atoms with Crippen molar-refractivity contribution in [3.05, 3.63) is 35.6 Å². The first-order valence-electron chi connectivity index (χ1n) is 7.74. The average Bonchev–Trinajstić information content (AvgIpc) is 2.33. The van der Waals surface area contributed by atoms with E-state index in [9.17, 15) is 9.18 Å². The quantitative estimate of drug-likeness (QED) is 0.894. The Kier molecular flexibility index (Phi) is 5.06. The molecule has 22 heavy (non-hydrogen) atoms. The average molecular weight is 308 g/mol. The summed E-state index contributed by atoms with van der Waals surface area (Å²) in [4.78, 5) is 11.7. The molecular formula is C17H25FN2O2. The number of hydrogen-bond donors (Lipinski definition) is 2. The minimum Gasteiger partial charge on any atom is -0.444 e. The molecule has 0 heterocycles. The van der Waals surface area contributed by atoms with Crippen molar-refractivity contribution in [3.63, 3.8) is 0 Å². The fraction of sp³-hybridized carbons (Fsp3) is 0.588. The van der Waals surface area contributed by atoms with Gasteiger partial charge in [0.1, 0.15) is 11.4 Å². The van der Waals surface area contributed by atoms with E-state index in [-0.39, 0.29) is 24.0 Å². The van der Waals surface area contributed by atoms with Crippen LogP contribution in [0, 0.1) is 5.82 Å². The lowest BCUT2D eigenvalue weighted by Crippen LogP contribution is -2.53. The van der Waals surface area contributed by atoms with Gasteiger partial charge in [-0.05, 0) is 58.2 Å². The number of amides is 1. The van der Waals surface area contributed by atoms with E-state index in [0.29, 0.717) is 6.04 Å². The second kappa shape index (κ2) is 6.65. The van der Waals surface area contributed by atoms with E-state index in [0.717, 1.165) is 18.4 Å². The number of ether oxygens (including phenoxy) is 1. The number of benzene rings is 1. The molecule has 1 fully saturated rings. The van der Waals surface area contributed by atoms with Gasteiger partial charge in [0.05, 0.1) is 0 Å². The Bertz CT molecular complexity index is 522. The second-order valence-corrected chi connectivity index (χ2v) is 6.95. The Morgan fingerprint density at radius 3 is 2.59 bits per heavy atom. The van der Waals surface area contributed by atoms with Crippen LogP contribution >= 0.6 is 0 Å². The van der Waals surface area contributed by atoms with Gasteiger partial charge in [-0.2, -0.15) is 0 Å². The highest BCUT2D eigenvalue weighted by atomic mass is 19.1. The maximum absolute atomic E-state index is 13.2. The molecule has 1 amide bonds. The molecule has 1 aliphatic rings. The number of carbonyl (C=O) groups is 1. The van der Waals surface area contributed by atoms with E-state index < -0.39 is 5.60 Å². The van der Waals surface area contributed by atoms with Gasteiger partial charge >= 0.3 is 6.09 Å². The van der Waals surface area contributed by atoms with E-state index >= 15 is 0 Å². The summed E-state index contributed by atoms with van der Waals surface area (Å²) in [5.41, 5.74) is 0.459. The van der Waals surface area contributed by atoms with Gasteiger partial charge in [0.25, 0.3) is 0 Å². The normalized spacial score (nSPS) is 22.6. The Morgan fingerprint density at radius 2 is 2.00 bits per heavy atom. The predicted octanol–water partition coefficient (Wildman–Crippen LogP) is 3.53. The summed E-state index contributed by atoms with van der Waals surface area (Å²) < 4.78 is 18.4. The van der Waals surface area contributed by atoms with Crippen LogP contribution in [0.2, 0.25) is 0 Å². The van der Waals surface area contributed by atoms with Crippen molar-refractivity contribution in [1.82, 2.24) is 10.6 Å². The third-order valence-corrected chi connectivity index (χ3v) is 3.69. The molecule has 0 spiro atoms. The maximum Gasteiger partial charge on any atom is 0.407 e. The van der Waals surface area contributed by atoms with Gasteiger partial charge in [-0.15, -0.1) is 0 Å². The zero-order chi connectivity index (χ0) is 16.3. The second-order valence-electron chi connectivity index (χ2n) is 6.95. The molecule has 0 aromatic heterocycles. The third kappa shape index (κ3) is 4.98. The topological polar surface area (TPSA) is 50.4 Å². The Labute approximate surface area is 131 Å². The Balaban J connectivity index is 1.72. The summed E-state index contributed by atoms with van der Waals surface area (Å²) >= 11 is 0. The highest BCUT2D eigenvalue weighted by Crippen LogP contribution is 2.24. The fourth-order valence-corrected chi connectivity index (χ4v) is 2.57. The van der Waals surface area contributed by atoms with Crippen molar-refractivity contribution in [2.75, 3.05) is 0 Å². The SMILES string of the molecule is CC(NC1CC(NC(=O)OC(C)(C)C)C1)c1cccc(F)c1. The zero-order valence-electron chi connectivity index (χ0n) is 13.7. The van der Waals surface area contributed by atoms with Gasteiger partial charge in [0.2, 0.25) is 0 Å². The van der Waals surface area contributed by atoms with Crippen LogP contribution in [0.1, 0.15) is 52.1 Å². The smallest absolute Gasteiger partial charge is 0.407 e. The lowest BCUT2D eigenvalue weighted by atomic mass is 9.86. The molecule has 1 saturated carbocycles. The molecule has 5 heteroatoms. The van der Waals surface area contributed by atoms with Crippen molar-refractivity contribution >= 4 is 6.09 Å². The van der Waals surface area contributed by atoms with Crippen LogP contribution in [-0.4, -0.2) is 23.8 Å². The lowest BCUT2D eigenvalue weighted by molar-refractivity contribution is 0.0463. The zero-order valence-corrected chi connectivity index (χ0v) is 13.7. The van der Waals surface area contributed by atoms with Gasteiger partial charge in [-0.25, -0.2) is 9.18 Å².